The van der Waals surface area contributed by atoms with Crippen molar-refractivity contribution in [1.29, 1.82) is 0 Å². The van der Waals surface area contributed by atoms with E-state index in [2.05, 4.69) is 35.5 Å². The van der Waals surface area contributed by atoms with Gasteiger partial charge in [-0.2, -0.15) is 0 Å². The highest BCUT2D eigenvalue weighted by Gasteiger charge is 2.17. The molecule has 1 radical (unpaired) electrons. The maximum atomic E-state index is 12.0. The van der Waals surface area contributed by atoms with Crippen LogP contribution in [0.4, 0.5) is 0 Å². The fraction of sp³-hybridized carbons (Fsp3) is 0.182. The Labute approximate surface area is 152 Å². The summed E-state index contributed by atoms with van der Waals surface area (Å²) in [7, 11) is 0. The molecule has 129 valence electrons. The molecule has 0 aliphatic carbocycles. The highest BCUT2D eigenvalue weighted by molar-refractivity contribution is 6.17. The second kappa shape index (κ2) is 6.30. The SMILES string of the molecule is CC(C)c1c[c]c2c3c(C(N)=O)cccc3n(Cc3ccncc3)c2c1. The highest BCUT2D eigenvalue weighted by atomic mass is 16.1. The molecule has 26 heavy (non-hydrogen) atoms. The standard InChI is InChI=1S/C22H20N3O/c1-14(2)16-6-7-17-20(12-16)25(13-15-8-10-24-11-9-15)19-5-3-4-18(21(17)19)22(23)26/h3-6,8-12,14H,13H2,1-2H3,(H2,23,26). The Balaban J connectivity index is 2.07. The predicted molar refractivity (Wildman–Crippen MR) is 104 cm³/mol. The van der Waals surface area contributed by atoms with Crippen LogP contribution in [0.5, 0.6) is 0 Å². The normalized spacial score (nSPS) is 11.5. The molecule has 2 heterocycles. The largest absolute Gasteiger partial charge is 0.366 e. The van der Waals surface area contributed by atoms with Gasteiger partial charge in [0.05, 0.1) is 11.0 Å². The number of benzene rings is 2. The van der Waals surface area contributed by atoms with Crippen molar-refractivity contribution >= 4 is 27.7 Å². The molecule has 4 heteroatoms. The number of rotatable bonds is 4. The van der Waals surface area contributed by atoms with E-state index in [1.54, 1.807) is 18.5 Å². The summed E-state index contributed by atoms with van der Waals surface area (Å²) in [5, 5.41) is 1.81. The number of pyridine rings is 1. The van der Waals surface area contributed by atoms with Crippen LogP contribution in [0.2, 0.25) is 0 Å². The summed E-state index contributed by atoms with van der Waals surface area (Å²) in [6.45, 7) is 5.03. The van der Waals surface area contributed by atoms with Crippen molar-refractivity contribution in [1.82, 2.24) is 9.55 Å². The summed E-state index contributed by atoms with van der Waals surface area (Å²) >= 11 is 0. The van der Waals surface area contributed by atoms with Crippen LogP contribution in [0.25, 0.3) is 21.8 Å². The van der Waals surface area contributed by atoms with Gasteiger partial charge in [0.25, 0.3) is 0 Å². The first-order valence-electron chi connectivity index (χ1n) is 8.71. The summed E-state index contributed by atoms with van der Waals surface area (Å²) < 4.78 is 2.23. The molecule has 2 aromatic heterocycles. The number of hydrogen-bond acceptors (Lipinski definition) is 2. The molecule has 0 spiro atoms. The third kappa shape index (κ3) is 2.64. The molecule has 0 saturated carbocycles. The van der Waals surface area contributed by atoms with Crippen LogP contribution in [-0.4, -0.2) is 15.5 Å². The first-order chi connectivity index (χ1) is 12.6. The number of nitrogens with zero attached hydrogens (tertiary/aromatic N) is 2. The third-order valence-corrected chi connectivity index (χ3v) is 4.84. The van der Waals surface area contributed by atoms with E-state index >= 15 is 0 Å². The van der Waals surface area contributed by atoms with E-state index in [1.165, 1.54) is 5.56 Å². The number of carbonyl (C=O) groups is 1. The zero-order chi connectivity index (χ0) is 18.3. The van der Waals surface area contributed by atoms with Crippen LogP contribution >= 0.6 is 0 Å². The molecular formula is C22H20N3O. The predicted octanol–water partition coefficient (Wildman–Crippen LogP) is 4.26. The van der Waals surface area contributed by atoms with Gasteiger partial charge in [-0.05, 0) is 53.4 Å². The van der Waals surface area contributed by atoms with Crippen LogP contribution in [-0.2, 0) is 6.54 Å². The second-order valence-corrected chi connectivity index (χ2v) is 6.85. The van der Waals surface area contributed by atoms with Crippen molar-refractivity contribution < 1.29 is 4.79 Å². The van der Waals surface area contributed by atoms with Gasteiger partial charge >= 0.3 is 0 Å². The number of amides is 1. The van der Waals surface area contributed by atoms with Gasteiger partial charge < -0.3 is 10.3 Å². The quantitative estimate of drug-likeness (QED) is 0.602. The molecule has 4 aromatic rings. The van der Waals surface area contributed by atoms with Gasteiger partial charge in [0.2, 0.25) is 5.91 Å². The monoisotopic (exact) mass is 342 g/mol. The maximum absolute atomic E-state index is 12.0. The number of primary amides is 1. The molecule has 2 N–H and O–H groups in total. The first kappa shape index (κ1) is 16.3. The second-order valence-electron chi connectivity index (χ2n) is 6.85. The van der Waals surface area contributed by atoms with Gasteiger partial charge in [0.15, 0.2) is 0 Å². The molecule has 2 aromatic carbocycles. The van der Waals surface area contributed by atoms with Gasteiger partial charge in [-0.25, -0.2) is 0 Å². The summed E-state index contributed by atoms with van der Waals surface area (Å²) in [5.41, 5.74) is 10.6. The average Bonchev–Trinajstić information content (AvgIpc) is 2.96. The molecule has 0 fully saturated rings. The van der Waals surface area contributed by atoms with Gasteiger partial charge in [0.1, 0.15) is 0 Å². The first-order valence-corrected chi connectivity index (χ1v) is 8.71. The van der Waals surface area contributed by atoms with Crippen molar-refractivity contribution in [2.45, 2.75) is 26.3 Å². The summed E-state index contributed by atoms with van der Waals surface area (Å²) in [5.74, 6) is -0.0152. The summed E-state index contributed by atoms with van der Waals surface area (Å²) in [6, 6.07) is 17.3. The topological polar surface area (TPSA) is 60.9 Å². The van der Waals surface area contributed by atoms with E-state index in [1.807, 2.05) is 30.3 Å². The fourth-order valence-corrected chi connectivity index (χ4v) is 3.45. The van der Waals surface area contributed by atoms with Gasteiger partial charge in [0, 0.05) is 35.3 Å². The Morgan fingerprint density at radius 1 is 1.19 bits per heavy atom. The molecule has 0 aliphatic heterocycles. The lowest BCUT2D eigenvalue weighted by Gasteiger charge is -2.10. The lowest BCUT2D eigenvalue weighted by Crippen LogP contribution is -2.11. The summed E-state index contributed by atoms with van der Waals surface area (Å²) in [4.78, 5) is 16.1. The minimum Gasteiger partial charge on any atom is -0.366 e. The lowest BCUT2D eigenvalue weighted by molar-refractivity contribution is 0.100. The van der Waals surface area contributed by atoms with Crippen molar-refractivity contribution in [2.75, 3.05) is 0 Å². The van der Waals surface area contributed by atoms with E-state index in [-0.39, 0.29) is 0 Å². The van der Waals surface area contributed by atoms with E-state index < -0.39 is 5.91 Å². The molecule has 0 atom stereocenters. The maximum Gasteiger partial charge on any atom is 0.249 e. The molecule has 0 aliphatic rings. The summed E-state index contributed by atoms with van der Waals surface area (Å²) in [6.07, 6.45) is 3.59. The number of aromatic nitrogens is 2. The highest BCUT2D eigenvalue weighted by Crippen LogP contribution is 2.33. The van der Waals surface area contributed by atoms with E-state index in [9.17, 15) is 4.79 Å². The molecule has 0 bridgehead atoms. The Kier molecular flexibility index (Phi) is 3.96. The van der Waals surface area contributed by atoms with Crippen LogP contribution < -0.4 is 5.73 Å². The van der Waals surface area contributed by atoms with Gasteiger partial charge in [-0.3, -0.25) is 9.78 Å². The zero-order valence-electron chi connectivity index (χ0n) is 14.9. The minimum atomic E-state index is -0.417. The van der Waals surface area contributed by atoms with Crippen molar-refractivity contribution in [3.63, 3.8) is 0 Å². The number of carbonyl (C=O) groups excluding carboxylic acids is 1. The van der Waals surface area contributed by atoms with Crippen LogP contribution in [0.3, 0.4) is 0 Å². The van der Waals surface area contributed by atoms with Gasteiger partial charge in [-0.1, -0.05) is 26.0 Å². The lowest BCUT2D eigenvalue weighted by atomic mass is 10.00. The smallest absolute Gasteiger partial charge is 0.249 e. The average molecular weight is 342 g/mol. The van der Waals surface area contributed by atoms with Crippen LogP contribution in [0, 0.1) is 6.07 Å². The van der Waals surface area contributed by atoms with E-state index in [0.717, 1.165) is 27.4 Å². The Hall–Kier alpha value is -3.14. The van der Waals surface area contributed by atoms with E-state index in [0.29, 0.717) is 18.0 Å². The van der Waals surface area contributed by atoms with Crippen LogP contribution in [0.1, 0.15) is 41.3 Å². The Morgan fingerprint density at radius 3 is 2.65 bits per heavy atom. The van der Waals surface area contributed by atoms with Crippen molar-refractivity contribution in [3.8, 4) is 0 Å². The zero-order valence-corrected chi connectivity index (χ0v) is 14.9. The molecule has 4 rings (SSSR count). The number of hydrogen-bond donors (Lipinski definition) is 1. The number of nitrogens with two attached hydrogens (primary N) is 1. The van der Waals surface area contributed by atoms with E-state index in [4.69, 9.17) is 5.73 Å². The minimum absolute atomic E-state index is 0.402. The molecule has 0 unspecified atom stereocenters. The Bertz CT molecular complexity index is 1110. The van der Waals surface area contributed by atoms with Crippen molar-refractivity contribution in [2.24, 2.45) is 5.73 Å². The Morgan fingerprint density at radius 2 is 1.96 bits per heavy atom. The number of fused-ring (bicyclic) bond motifs is 3. The third-order valence-electron chi connectivity index (χ3n) is 4.84. The molecule has 1 amide bonds. The van der Waals surface area contributed by atoms with Crippen molar-refractivity contribution in [3.05, 3.63) is 77.6 Å². The molecule has 4 nitrogen and oxygen atoms in total. The molecule has 0 saturated heterocycles. The van der Waals surface area contributed by atoms with Crippen LogP contribution in [0.15, 0.2) is 54.9 Å². The molecular weight excluding hydrogens is 322 g/mol. The van der Waals surface area contributed by atoms with Gasteiger partial charge in [-0.15, -0.1) is 0 Å². The fourth-order valence-electron chi connectivity index (χ4n) is 3.45.